The number of carbonyl (C=O) groups excluding carboxylic acids is 1. The Morgan fingerprint density at radius 2 is 2.00 bits per heavy atom. The van der Waals surface area contributed by atoms with Crippen LogP contribution >= 0.6 is 0 Å². The van der Waals surface area contributed by atoms with Gasteiger partial charge in [-0.3, -0.25) is 4.79 Å². The van der Waals surface area contributed by atoms with Crippen molar-refractivity contribution in [2.75, 3.05) is 47.0 Å². The second-order valence-electron chi connectivity index (χ2n) is 4.08. The predicted octanol–water partition coefficient (Wildman–Crippen LogP) is 0.496. The first-order valence-electron chi connectivity index (χ1n) is 6.24. The lowest BCUT2D eigenvalue weighted by Gasteiger charge is -2.15. The fraction of sp³-hybridized carbons (Fsp3) is 0.917. The Labute approximate surface area is 104 Å². The number of hydrogen-bond donors (Lipinski definition) is 1. The normalized spacial score (nSPS) is 12.8. The summed E-state index contributed by atoms with van der Waals surface area (Å²) in [6.07, 6.45) is 0.733. The molecule has 1 atom stereocenters. The van der Waals surface area contributed by atoms with Gasteiger partial charge in [-0.1, -0.05) is 6.92 Å². The molecular formula is C12H26N2O3. The maximum Gasteiger partial charge on any atom is 0.323 e. The number of esters is 1. The third-order valence-electron chi connectivity index (χ3n) is 2.30. The number of carbonyl (C=O) groups is 1. The molecule has 1 N–H and O–H groups in total. The van der Waals surface area contributed by atoms with Crippen LogP contribution in [0.1, 0.15) is 20.3 Å². The van der Waals surface area contributed by atoms with Crippen molar-refractivity contribution in [2.45, 2.75) is 26.3 Å². The SMILES string of the molecule is CCOC(=O)C(CC)NCCOCCN(C)C. The van der Waals surface area contributed by atoms with Crippen LogP contribution < -0.4 is 5.32 Å². The van der Waals surface area contributed by atoms with Gasteiger partial charge in [0.25, 0.3) is 0 Å². The van der Waals surface area contributed by atoms with Gasteiger partial charge in [-0.05, 0) is 27.4 Å². The van der Waals surface area contributed by atoms with Crippen molar-refractivity contribution in [2.24, 2.45) is 0 Å². The van der Waals surface area contributed by atoms with Gasteiger partial charge in [-0.2, -0.15) is 0 Å². The Hall–Kier alpha value is -0.650. The molecule has 102 valence electrons. The number of hydrogen-bond acceptors (Lipinski definition) is 5. The second-order valence-corrected chi connectivity index (χ2v) is 4.08. The van der Waals surface area contributed by atoms with Crippen molar-refractivity contribution >= 4 is 5.97 Å². The maximum absolute atomic E-state index is 11.5. The standard InChI is InChI=1S/C12H26N2O3/c1-5-11(12(15)17-6-2)13-7-9-16-10-8-14(3)4/h11,13H,5-10H2,1-4H3. The van der Waals surface area contributed by atoms with Gasteiger partial charge in [-0.15, -0.1) is 0 Å². The molecule has 0 aliphatic rings. The van der Waals surface area contributed by atoms with E-state index in [1.165, 1.54) is 0 Å². The lowest BCUT2D eigenvalue weighted by atomic mass is 10.2. The summed E-state index contributed by atoms with van der Waals surface area (Å²) < 4.78 is 10.4. The van der Waals surface area contributed by atoms with Crippen LogP contribution in [0.2, 0.25) is 0 Å². The molecule has 0 aromatic heterocycles. The summed E-state index contributed by atoms with van der Waals surface area (Å²) in [6, 6.07) is -0.215. The van der Waals surface area contributed by atoms with Crippen molar-refractivity contribution in [3.63, 3.8) is 0 Å². The van der Waals surface area contributed by atoms with E-state index in [9.17, 15) is 4.79 Å². The molecule has 0 heterocycles. The van der Waals surface area contributed by atoms with E-state index in [2.05, 4.69) is 10.2 Å². The molecular weight excluding hydrogens is 220 g/mol. The smallest absolute Gasteiger partial charge is 0.323 e. The van der Waals surface area contributed by atoms with Crippen LogP contribution in [0.4, 0.5) is 0 Å². The average Bonchev–Trinajstić information content (AvgIpc) is 2.28. The van der Waals surface area contributed by atoms with E-state index in [-0.39, 0.29) is 12.0 Å². The van der Waals surface area contributed by atoms with Gasteiger partial charge < -0.3 is 19.7 Å². The summed E-state index contributed by atoms with van der Waals surface area (Å²) >= 11 is 0. The van der Waals surface area contributed by atoms with Gasteiger partial charge in [0.05, 0.1) is 19.8 Å². The molecule has 0 aromatic carbocycles. The monoisotopic (exact) mass is 246 g/mol. The molecule has 0 bridgehead atoms. The highest BCUT2D eigenvalue weighted by atomic mass is 16.5. The molecule has 17 heavy (non-hydrogen) atoms. The number of nitrogens with one attached hydrogen (secondary N) is 1. The Morgan fingerprint density at radius 3 is 2.53 bits per heavy atom. The summed E-state index contributed by atoms with van der Waals surface area (Å²) in [5.41, 5.74) is 0. The van der Waals surface area contributed by atoms with Crippen LogP contribution in [0.15, 0.2) is 0 Å². The first kappa shape index (κ1) is 16.4. The highest BCUT2D eigenvalue weighted by Crippen LogP contribution is 1.94. The molecule has 0 amide bonds. The molecule has 5 heteroatoms. The predicted molar refractivity (Wildman–Crippen MR) is 68.1 cm³/mol. The van der Waals surface area contributed by atoms with Gasteiger partial charge in [-0.25, -0.2) is 0 Å². The summed E-state index contributed by atoms with van der Waals surface area (Å²) in [4.78, 5) is 13.5. The molecule has 0 saturated heterocycles. The largest absolute Gasteiger partial charge is 0.465 e. The molecule has 0 aliphatic carbocycles. The fourth-order valence-corrected chi connectivity index (χ4v) is 1.29. The first-order chi connectivity index (χ1) is 8.11. The van der Waals surface area contributed by atoms with Crippen LogP contribution in [0, 0.1) is 0 Å². The summed E-state index contributed by atoms with van der Waals surface area (Å²) in [5.74, 6) is -0.178. The van der Waals surface area contributed by atoms with Crippen molar-refractivity contribution in [3.8, 4) is 0 Å². The third-order valence-corrected chi connectivity index (χ3v) is 2.30. The lowest BCUT2D eigenvalue weighted by Crippen LogP contribution is -2.39. The van der Waals surface area contributed by atoms with E-state index in [0.717, 1.165) is 13.0 Å². The topological polar surface area (TPSA) is 50.8 Å². The van der Waals surface area contributed by atoms with E-state index in [1.54, 1.807) is 0 Å². The Balaban J connectivity index is 3.53. The summed E-state index contributed by atoms with van der Waals surface area (Å²) in [7, 11) is 4.02. The van der Waals surface area contributed by atoms with Gasteiger partial charge in [0.2, 0.25) is 0 Å². The zero-order chi connectivity index (χ0) is 13.1. The lowest BCUT2D eigenvalue weighted by molar-refractivity contribution is -0.145. The minimum absolute atomic E-state index is 0.178. The van der Waals surface area contributed by atoms with Gasteiger partial charge >= 0.3 is 5.97 Å². The number of nitrogens with zero attached hydrogens (tertiary/aromatic N) is 1. The van der Waals surface area contributed by atoms with Crippen LogP contribution in [0.3, 0.4) is 0 Å². The van der Waals surface area contributed by atoms with E-state index >= 15 is 0 Å². The molecule has 0 saturated carbocycles. The first-order valence-corrected chi connectivity index (χ1v) is 6.24. The van der Waals surface area contributed by atoms with Crippen LogP contribution in [-0.4, -0.2) is 63.9 Å². The second kappa shape index (κ2) is 10.5. The van der Waals surface area contributed by atoms with Crippen molar-refractivity contribution < 1.29 is 14.3 Å². The molecule has 0 aliphatic heterocycles. The zero-order valence-corrected chi connectivity index (χ0v) is 11.5. The van der Waals surface area contributed by atoms with Gasteiger partial charge in [0.15, 0.2) is 0 Å². The maximum atomic E-state index is 11.5. The van der Waals surface area contributed by atoms with E-state index in [0.29, 0.717) is 26.4 Å². The van der Waals surface area contributed by atoms with Crippen LogP contribution in [0.25, 0.3) is 0 Å². The summed E-state index contributed by atoms with van der Waals surface area (Å²) in [6.45, 7) is 7.11. The van der Waals surface area contributed by atoms with Crippen LogP contribution in [0.5, 0.6) is 0 Å². The zero-order valence-electron chi connectivity index (χ0n) is 11.5. The number of ether oxygens (including phenoxy) is 2. The molecule has 1 unspecified atom stereocenters. The molecule has 0 spiro atoms. The third kappa shape index (κ3) is 9.09. The Bertz CT molecular complexity index is 198. The highest BCUT2D eigenvalue weighted by Gasteiger charge is 2.15. The summed E-state index contributed by atoms with van der Waals surface area (Å²) in [5, 5.41) is 3.13. The van der Waals surface area contributed by atoms with Gasteiger partial charge in [0, 0.05) is 13.1 Å². The van der Waals surface area contributed by atoms with E-state index < -0.39 is 0 Å². The van der Waals surface area contributed by atoms with E-state index in [4.69, 9.17) is 9.47 Å². The minimum atomic E-state index is -0.215. The molecule has 5 nitrogen and oxygen atoms in total. The minimum Gasteiger partial charge on any atom is -0.465 e. The molecule has 0 fully saturated rings. The number of likely N-dealkylation sites (N-methyl/N-ethyl adjacent to an activating group) is 1. The Kier molecular flexibility index (Phi) is 10.1. The molecule has 0 radical (unpaired) electrons. The quantitative estimate of drug-likeness (QED) is 0.449. The number of rotatable bonds is 10. The molecule has 0 rings (SSSR count). The van der Waals surface area contributed by atoms with E-state index in [1.807, 2.05) is 27.9 Å². The fourth-order valence-electron chi connectivity index (χ4n) is 1.29. The van der Waals surface area contributed by atoms with Gasteiger partial charge in [0.1, 0.15) is 6.04 Å². The van der Waals surface area contributed by atoms with Crippen molar-refractivity contribution in [3.05, 3.63) is 0 Å². The highest BCUT2D eigenvalue weighted by molar-refractivity contribution is 5.75. The van der Waals surface area contributed by atoms with Crippen LogP contribution in [-0.2, 0) is 14.3 Å². The molecule has 0 aromatic rings. The Morgan fingerprint density at radius 1 is 1.29 bits per heavy atom. The van der Waals surface area contributed by atoms with Crippen molar-refractivity contribution in [1.29, 1.82) is 0 Å². The van der Waals surface area contributed by atoms with Crippen molar-refractivity contribution in [1.82, 2.24) is 10.2 Å². The average molecular weight is 246 g/mol.